The molecule has 0 aromatic rings. The van der Waals surface area contributed by atoms with E-state index in [0.717, 1.165) is 84.8 Å². The highest BCUT2D eigenvalue weighted by Gasteiger charge is 2.14. The van der Waals surface area contributed by atoms with Crippen LogP contribution in [0.5, 0.6) is 0 Å². The van der Waals surface area contributed by atoms with Crippen molar-refractivity contribution in [2.75, 3.05) is 65.6 Å². The first-order valence-corrected chi connectivity index (χ1v) is 21.2. The molecule has 7 heteroatoms. The number of morpholine rings is 1. The summed E-state index contributed by atoms with van der Waals surface area (Å²) in [5.74, 6) is 0.292. The van der Waals surface area contributed by atoms with E-state index in [0.29, 0.717) is 12.8 Å². The predicted octanol–water partition coefficient (Wildman–Crippen LogP) is 9.43. The molecule has 0 atom stereocenters. The summed E-state index contributed by atoms with van der Waals surface area (Å²) in [6.07, 6.45) is 34.0. The maximum atomic E-state index is 12.6. The van der Waals surface area contributed by atoms with Crippen molar-refractivity contribution in [3.63, 3.8) is 0 Å². The van der Waals surface area contributed by atoms with Gasteiger partial charge >= 0.3 is 0 Å². The van der Waals surface area contributed by atoms with Gasteiger partial charge < -0.3 is 20.3 Å². The van der Waals surface area contributed by atoms with Crippen LogP contribution in [0, 0.1) is 0 Å². The van der Waals surface area contributed by atoms with E-state index in [1.54, 1.807) is 0 Å². The summed E-state index contributed by atoms with van der Waals surface area (Å²) in [6, 6.07) is 0. The summed E-state index contributed by atoms with van der Waals surface area (Å²) in [5.41, 5.74) is 0. The van der Waals surface area contributed by atoms with E-state index in [1.165, 1.54) is 141 Å². The fraction of sp³-hybridized carbons (Fsp3) is 0.951. The standard InChI is InChI=1S/C41H82N4O3/c1-3-5-7-9-11-13-15-17-19-21-23-25-30-42-40(46)28-34-44(32-27-33-45-36-38-48-39-37-45)35-29-41(47)43-31-26-24-22-20-18-16-14-12-10-8-6-4-2/h3-39H2,1-2H3,(H,42,46)(H,43,47). The lowest BCUT2D eigenvalue weighted by atomic mass is 10.1. The minimum absolute atomic E-state index is 0.146. The zero-order chi connectivity index (χ0) is 34.6. The zero-order valence-electron chi connectivity index (χ0n) is 32.3. The summed E-state index contributed by atoms with van der Waals surface area (Å²) >= 11 is 0. The number of ether oxygens (including phenoxy) is 1. The van der Waals surface area contributed by atoms with Crippen molar-refractivity contribution in [2.45, 2.75) is 187 Å². The molecule has 1 rings (SSSR count). The maximum Gasteiger partial charge on any atom is 0.221 e. The minimum atomic E-state index is 0.146. The molecule has 1 aliphatic rings. The van der Waals surface area contributed by atoms with Crippen LogP contribution in [0.1, 0.15) is 187 Å². The van der Waals surface area contributed by atoms with Gasteiger partial charge in [0.2, 0.25) is 11.8 Å². The molecule has 7 nitrogen and oxygen atoms in total. The number of rotatable bonds is 36. The molecular weight excluding hydrogens is 596 g/mol. The highest BCUT2D eigenvalue weighted by Crippen LogP contribution is 2.13. The molecule has 0 bridgehead atoms. The largest absolute Gasteiger partial charge is 0.379 e. The third kappa shape index (κ3) is 30.8. The molecule has 0 aliphatic carbocycles. The topological polar surface area (TPSA) is 73.9 Å². The van der Waals surface area contributed by atoms with Gasteiger partial charge in [0.05, 0.1) is 13.2 Å². The van der Waals surface area contributed by atoms with Crippen LogP contribution < -0.4 is 10.6 Å². The van der Waals surface area contributed by atoms with Gasteiger partial charge in [-0.2, -0.15) is 0 Å². The maximum absolute atomic E-state index is 12.6. The first kappa shape index (κ1) is 44.8. The Morgan fingerprint density at radius 2 is 0.854 bits per heavy atom. The highest BCUT2D eigenvalue weighted by atomic mass is 16.5. The van der Waals surface area contributed by atoms with Gasteiger partial charge in [-0.3, -0.25) is 14.5 Å². The Morgan fingerprint density at radius 3 is 1.23 bits per heavy atom. The van der Waals surface area contributed by atoms with Crippen LogP contribution in [0.2, 0.25) is 0 Å². The van der Waals surface area contributed by atoms with Gasteiger partial charge in [0, 0.05) is 52.1 Å². The fourth-order valence-corrected chi connectivity index (χ4v) is 6.76. The lowest BCUT2D eigenvalue weighted by Crippen LogP contribution is -2.39. The Hall–Kier alpha value is -1.18. The van der Waals surface area contributed by atoms with Gasteiger partial charge in [-0.05, 0) is 32.4 Å². The van der Waals surface area contributed by atoms with E-state index < -0.39 is 0 Å². The molecular formula is C41H82N4O3. The molecule has 0 spiro atoms. The van der Waals surface area contributed by atoms with Gasteiger partial charge in [0.15, 0.2) is 0 Å². The SMILES string of the molecule is CCCCCCCCCCCCCCNC(=O)CCN(CCCN1CCOCC1)CCC(=O)NCCCCCCCCCCCCCC. The van der Waals surface area contributed by atoms with E-state index in [4.69, 9.17) is 4.74 Å². The molecule has 0 unspecified atom stereocenters. The summed E-state index contributed by atoms with van der Waals surface area (Å²) in [4.78, 5) is 30.0. The molecule has 0 saturated carbocycles. The fourth-order valence-electron chi connectivity index (χ4n) is 6.76. The number of hydrogen-bond acceptors (Lipinski definition) is 5. The summed E-state index contributed by atoms with van der Waals surface area (Å²) in [7, 11) is 0. The minimum Gasteiger partial charge on any atom is -0.379 e. The smallest absolute Gasteiger partial charge is 0.221 e. The molecule has 48 heavy (non-hydrogen) atoms. The summed E-state index contributed by atoms with van der Waals surface area (Å²) < 4.78 is 5.49. The van der Waals surface area contributed by atoms with E-state index in [9.17, 15) is 9.59 Å². The first-order valence-electron chi connectivity index (χ1n) is 21.2. The van der Waals surface area contributed by atoms with E-state index in [1.807, 2.05) is 0 Å². The van der Waals surface area contributed by atoms with Gasteiger partial charge in [-0.25, -0.2) is 0 Å². The molecule has 0 radical (unpaired) electrons. The third-order valence-corrected chi connectivity index (χ3v) is 10.1. The van der Waals surface area contributed by atoms with Crippen LogP contribution in [-0.2, 0) is 14.3 Å². The van der Waals surface area contributed by atoms with Crippen LogP contribution in [0.25, 0.3) is 0 Å². The number of amides is 2. The van der Waals surface area contributed by atoms with Crippen molar-refractivity contribution < 1.29 is 14.3 Å². The second kappa shape index (κ2) is 35.6. The quantitative estimate of drug-likeness (QED) is 0.0646. The number of carbonyl (C=O) groups is 2. The number of carbonyl (C=O) groups excluding carboxylic acids is 2. The molecule has 1 fully saturated rings. The molecule has 2 amide bonds. The molecule has 1 saturated heterocycles. The van der Waals surface area contributed by atoms with Crippen LogP contribution in [0.4, 0.5) is 0 Å². The van der Waals surface area contributed by atoms with Gasteiger partial charge in [0.25, 0.3) is 0 Å². The first-order chi connectivity index (χ1) is 23.7. The molecule has 0 aromatic carbocycles. The van der Waals surface area contributed by atoms with Crippen molar-refractivity contribution in [1.82, 2.24) is 20.4 Å². The Bertz CT molecular complexity index is 655. The average molecular weight is 679 g/mol. The van der Waals surface area contributed by atoms with E-state index in [-0.39, 0.29) is 11.8 Å². The monoisotopic (exact) mass is 679 g/mol. The Balaban J connectivity index is 2.14. The van der Waals surface area contributed by atoms with Crippen LogP contribution >= 0.6 is 0 Å². The van der Waals surface area contributed by atoms with Crippen LogP contribution in [0.15, 0.2) is 0 Å². The van der Waals surface area contributed by atoms with E-state index >= 15 is 0 Å². The molecule has 1 heterocycles. The van der Waals surface area contributed by atoms with Crippen LogP contribution in [0.3, 0.4) is 0 Å². The number of hydrogen-bond donors (Lipinski definition) is 2. The van der Waals surface area contributed by atoms with Gasteiger partial charge in [-0.15, -0.1) is 0 Å². The number of nitrogens with zero attached hydrogens (tertiary/aromatic N) is 2. The average Bonchev–Trinajstić information content (AvgIpc) is 3.10. The summed E-state index contributed by atoms with van der Waals surface area (Å²) in [6.45, 7) is 13.2. The molecule has 0 aromatic heterocycles. The van der Waals surface area contributed by atoms with Crippen molar-refractivity contribution in [2.24, 2.45) is 0 Å². The van der Waals surface area contributed by atoms with Crippen molar-refractivity contribution in [3.05, 3.63) is 0 Å². The van der Waals surface area contributed by atoms with Gasteiger partial charge in [-0.1, -0.05) is 155 Å². The molecule has 1 aliphatic heterocycles. The predicted molar refractivity (Wildman–Crippen MR) is 206 cm³/mol. The zero-order valence-corrected chi connectivity index (χ0v) is 32.3. The van der Waals surface area contributed by atoms with Gasteiger partial charge in [0.1, 0.15) is 0 Å². The second-order valence-electron chi connectivity index (χ2n) is 14.6. The molecule has 2 N–H and O–H groups in total. The Kier molecular flexibility index (Phi) is 33.3. The molecule has 284 valence electrons. The Labute approximate surface area is 298 Å². The van der Waals surface area contributed by atoms with Crippen molar-refractivity contribution in [3.8, 4) is 0 Å². The third-order valence-electron chi connectivity index (χ3n) is 10.1. The Morgan fingerprint density at radius 1 is 0.500 bits per heavy atom. The lowest BCUT2D eigenvalue weighted by molar-refractivity contribution is -0.121. The van der Waals surface area contributed by atoms with Crippen molar-refractivity contribution in [1.29, 1.82) is 0 Å². The van der Waals surface area contributed by atoms with Crippen LogP contribution in [-0.4, -0.2) is 87.2 Å². The second-order valence-corrected chi connectivity index (χ2v) is 14.6. The van der Waals surface area contributed by atoms with E-state index in [2.05, 4.69) is 34.3 Å². The normalized spacial score (nSPS) is 13.7. The van der Waals surface area contributed by atoms with Crippen molar-refractivity contribution >= 4 is 11.8 Å². The number of unbranched alkanes of at least 4 members (excludes halogenated alkanes) is 22. The summed E-state index contributed by atoms with van der Waals surface area (Å²) in [5, 5.41) is 6.29. The number of nitrogens with one attached hydrogen (secondary N) is 2. The lowest BCUT2D eigenvalue weighted by Gasteiger charge is -2.28. The highest BCUT2D eigenvalue weighted by molar-refractivity contribution is 5.76.